The summed E-state index contributed by atoms with van der Waals surface area (Å²) in [7, 11) is 0. The van der Waals surface area contributed by atoms with Gasteiger partial charge in [0.05, 0.1) is 5.92 Å². The van der Waals surface area contributed by atoms with Crippen LogP contribution in [0.5, 0.6) is 11.5 Å². The van der Waals surface area contributed by atoms with Gasteiger partial charge in [0, 0.05) is 24.1 Å². The number of rotatable bonds is 3. The van der Waals surface area contributed by atoms with Crippen molar-refractivity contribution in [3.8, 4) is 11.5 Å². The van der Waals surface area contributed by atoms with Crippen molar-refractivity contribution in [1.82, 2.24) is 4.98 Å². The molecule has 3 rings (SSSR count). The lowest BCUT2D eigenvalue weighted by Gasteiger charge is -2.18. The highest BCUT2D eigenvalue weighted by molar-refractivity contribution is 6.38. The van der Waals surface area contributed by atoms with Gasteiger partial charge in [0.25, 0.3) is 0 Å². The van der Waals surface area contributed by atoms with Crippen LogP contribution in [-0.2, 0) is 14.3 Å². The fourth-order valence-corrected chi connectivity index (χ4v) is 2.74. The fraction of sp³-hybridized carbons (Fsp3) is 0.294. The summed E-state index contributed by atoms with van der Waals surface area (Å²) in [5.74, 6) is -2.53. The van der Waals surface area contributed by atoms with E-state index in [0.717, 1.165) is 0 Å². The Labute approximate surface area is 136 Å². The molecule has 0 saturated heterocycles. The summed E-state index contributed by atoms with van der Waals surface area (Å²) in [5.41, 5.74) is -0.0120. The smallest absolute Gasteiger partial charge is 0.356 e. The van der Waals surface area contributed by atoms with Crippen molar-refractivity contribution >= 4 is 28.3 Å². The Bertz CT molecular complexity index is 844. The fourth-order valence-electron chi connectivity index (χ4n) is 2.74. The van der Waals surface area contributed by atoms with Gasteiger partial charge in [-0.25, -0.2) is 9.78 Å². The third-order valence-electron chi connectivity index (χ3n) is 4.03. The molecule has 1 aromatic carbocycles. The summed E-state index contributed by atoms with van der Waals surface area (Å²) in [6, 6.07) is 3.94. The van der Waals surface area contributed by atoms with Gasteiger partial charge in [0.15, 0.2) is 5.78 Å². The third-order valence-corrected chi connectivity index (χ3v) is 4.03. The van der Waals surface area contributed by atoms with Gasteiger partial charge in [-0.05, 0) is 30.4 Å². The second kappa shape index (κ2) is 6.27. The first-order chi connectivity index (χ1) is 11.5. The first-order valence-electron chi connectivity index (χ1n) is 7.51. The van der Waals surface area contributed by atoms with Crippen molar-refractivity contribution in [3.05, 3.63) is 30.1 Å². The summed E-state index contributed by atoms with van der Waals surface area (Å²) in [6.07, 6.45) is 2.68. The number of hydrogen-bond acceptors (Lipinski definition) is 7. The van der Waals surface area contributed by atoms with E-state index in [1.807, 2.05) is 0 Å². The van der Waals surface area contributed by atoms with Gasteiger partial charge in [0.1, 0.15) is 23.8 Å². The minimum absolute atomic E-state index is 0.0120. The van der Waals surface area contributed by atoms with Crippen molar-refractivity contribution in [1.29, 1.82) is 0 Å². The van der Waals surface area contributed by atoms with E-state index in [0.29, 0.717) is 23.6 Å². The number of esters is 1. The minimum atomic E-state index is -0.731. The van der Waals surface area contributed by atoms with E-state index in [1.54, 1.807) is 0 Å². The normalized spacial score (nSPS) is 17.9. The van der Waals surface area contributed by atoms with Gasteiger partial charge in [-0.1, -0.05) is 0 Å². The Morgan fingerprint density at radius 2 is 2.04 bits per heavy atom. The number of Topliss-reactive ketones (excluding diaryl/α,β-unsaturated/α-hetero) is 2. The van der Waals surface area contributed by atoms with Crippen molar-refractivity contribution in [2.24, 2.45) is 5.92 Å². The molecule has 124 valence electrons. The van der Waals surface area contributed by atoms with Gasteiger partial charge in [0.2, 0.25) is 5.78 Å². The van der Waals surface area contributed by atoms with Crippen LogP contribution in [0.4, 0.5) is 0 Å². The first kappa shape index (κ1) is 15.9. The molecule has 0 spiro atoms. The maximum Gasteiger partial charge on any atom is 0.356 e. The zero-order valence-electron chi connectivity index (χ0n) is 12.7. The number of carbonyl (C=O) groups excluding carboxylic acids is 3. The SMILES string of the molecule is O=C1CCCC(COC(=O)c2cc3cc(O)cc(O)c3cn2)C1=O. The van der Waals surface area contributed by atoms with Gasteiger partial charge < -0.3 is 14.9 Å². The van der Waals surface area contributed by atoms with Crippen LogP contribution in [0.15, 0.2) is 24.4 Å². The molecule has 2 N–H and O–H groups in total. The van der Waals surface area contributed by atoms with Crippen LogP contribution in [0.3, 0.4) is 0 Å². The lowest BCUT2D eigenvalue weighted by Crippen LogP contribution is -2.32. The van der Waals surface area contributed by atoms with Crippen LogP contribution in [0.25, 0.3) is 10.8 Å². The van der Waals surface area contributed by atoms with E-state index in [2.05, 4.69) is 4.98 Å². The van der Waals surface area contributed by atoms with E-state index in [1.165, 1.54) is 24.4 Å². The van der Waals surface area contributed by atoms with Crippen LogP contribution < -0.4 is 0 Å². The summed E-state index contributed by atoms with van der Waals surface area (Å²) < 4.78 is 5.10. The van der Waals surface area contributed by atoms with Crippen molar-refractivity contribution in [2.75, 3.05) is 6.61 Å². The molecule has 0 aliphatic heterocycles. The van der Waals surface area contributed by atoms with E-state index in [-0.39, 0.29) is 30.2 Å². The Hall–Kier alpha value is -2.96. The number of phenolic OH excluding ortho intramolecular Hbond substituents is 2. The number of ether oxygens (including phenoxy) is 1. The quantitative estimate of drug-likeness (QED) is 0.651. The highest BCUT2D eigenvalue weighted by Gasteiger charge is 2.30. The predicted octanol–water partition coefficient (Wildman–Crippen LogP) is 1.74. The maximum absolute atomic E-state index is 12.1. The van der Waals surface area contributed by atoms with Crippen LogP contribution in [0.2, 0.25) is 0 Å². The lowest BCUT2D eigenvalue weighted by atomic mass is 9.88. The largest absolute Gasteiger partial charge is 0.508 e. The standard InChI is InChI=1S/C17H15NO6/c19-11-4-10-5-13(18-7-12(10)15(21)6-11)17(23)24-8-9-2-1-3-14(20)16(9)22/h4-7,9,19,21H,1-3,8H2. The molecule has 24 heavy (non-hydrogen) atoms. The van der Waals surface area contributed by atoms with E-state index in [4.69, 9.17) is 4.74 Å². The Morgan fingerprint density at radius 1 is 1.25 bits per heavy atom. The molecule has 7 nitrogen and oxygen atoms in total. The number of ketones is 2. The van der Waals surface area contributed by atoms with Crippen LogP contribution in [-0.4, -0.2) is 39.3 Å². The van der Waals surface area contributed by atoms with E-state index >= 15 is 0 Å². The number of benzene rings is 1. The van der Waals surface area contributed by atoms with Gasteiger partial charge in [-0.3, -0.25) is 9.59 Å². The molecular formula is C17H15NO6. The van der Waals surface area contributed by atoms with Crippen molar-refractivity contribution in [3.63, 3.8) is 0 Å². The number of hydrogen-bond donors (Lipinski definition) is 2. The van der Waals surface area contributed by atoms with Gasteiger partial charge in [-0.15, -0.1) is 0 Å². The molecule has 1 atom stereocenters. The molecule has 1 saturated carbocycles. The summed E-state index contributed by atoms with van der Waals surface area (Å²) in [4.78, 5) is 39.1. The monoisotopic (exact) mass is 329 g/mol. The zero-order chi connectivity index (χ0) is 17.3. The number of aromatic hydroxyl groups is 2. The molecule has 1 heterocycles. The van der Waals surface area contributed by atoms with Crippen LogP contribution in [0.1, 0.15) is 29.8 Å². The molecular weight excluding hydrogens is 314 g/mol. The van der Waals surface area contributed by atoms with E-state index in [9.17, 15) is 24.6 Å². The summed E-state index contributed by atoms with van der Waals surface area (Å²) in [6.45, 7) is -0.158. The number of fused-ring (bicyclic) bond motifs is 1. The molecule has 1 aliphatic carbocycles. The Balaban J connectivity index is 1.74. The number of nitrogens with zero attached hydrogens (tertiary/aromatic N) is 1. The Kier molecular flexibility index (Phi) is 4.16. The molecule has 0 radical (unpaired) electrons. The maximum atomic E-state index is 12.1. The second-order valence-corrected chi connectivity index (χ2v) is 5.73. The highest BCUT2D eigenvalue weighted by Crippen LogP contribution is 2.29. The molecule has 7 heteroatoms. The molecule has 1 aliphatic rings. The molecule has 0 amide bonds. The average molecular weight is 329 g/mol. The van der Waals surface area contributed by atoms with Gasteiger partial charge >= 0.3 is 5.97 Å². The van der Waals surface area contributed by atoms with Crippen LogP contribution in [0, 0.1) is 5.92 Å². The molecule has 2 aromatic rings. The Morgan fingerprint density at radius 3 is 2.83 bits per heavy atom. The average Bonchev–Trinajstić information content (AvgIpc) is 2.55. The van der Waals surface area contributed by atoms with E-state index < -0.39 is 23.5 Å². The lowest BCUT2D eigenvalue weighted by molar-refractivity contribution is -0.141. The molecule has 1 aromatic heterocycles. The van der Waals surface area contributed by atoms with Crippen LogP contribution >= 0.6 is 0 Å². The molecule has 0 bridgehead atoms. The summed E-state index contributed by atoms with van der Waals surface area (Å²) >= 11 is 0. The predicted molar refractivity (Wildman–Crippen MR) is 82.7 cm³/mol. The van der Waals surface area contributed by atoms with Crippen molar-refractivity contribution in [2.45, 2.75) is 19.3 Å². The topological polar surface area (TPSA) is 114 Å². The minimum Gasteiger partial charge on any atom is -0.508 e. The van der Waals surface area contributed by atoms with Gasteiger partial charge in [-0.2, -0.15) is 0 Å². The second-order valence-electron chi connectivity index (χ2n) is 5.73. The number of pyridine rings is 1. The molecule has 1 fully saturated rings. The molecule has 1 unspecified atom stereocenters. The third kappa shape index (κ3) is 3.05. The zero-order valence-corrected chi connectivity index (χ0v) is 12.7. The number of aromatic nitrogens is 1. The van der Waals surface area contributed by atoms with Crippen molar-refractivity contribution < 1.29 is 29.3 Å². The number of phenols is 2. The highest BCUT2D eigenvalue weighted by atomic mass is 16.5. The summed E-state index contributed by atoms with van der Waals surface area (Å²) in [5, 5.41) is 20.0. The number of carbonyl (C=O) groups is 3. The first-order valence-corrected chi connectivity index (χ1v) is 7.51.